The minimum atomic E-state index is -0.445. The number of nitrogens with two attached hydrogens (primary N) is 1. The van der Waals surface area contributed by atoms with Crippen molar-refractivity contribution < 1.29 is 14.3 Å². The molecule has 0 amide bonds. The van der Waals surface area contributed by atoms with Crippen molar-refractivity contribution in [3.63, 3.8) is 0 Å². The van der Waals surface area contributed by atoms with Gasteiger partial charge in [-0.2, -0.15) is 0 Å². The molecule has 0 radical (unpaired) electrons. The van der Waals surface area contributed by atoms with Gasteiger partial charge in [0.05, 0.1) is 14.2 Å². The number of rotatable bonds is 6. The number of carbonyl (C=O) groups is 1. The monoisotopic (exact) mass is 252 g/mol. The maximum absolute atomic E-state index is 11.6. The molecule has 0 aliphatic rings. The molecule has 5 nitrogen and oxygen atoms in total. The second kappa shape index (κ2) is 6.98. The predicted octanol–water partition coefficient (Wildman–Crippen LogP) is 0.627. The molecule has 18 heavy (non-hydrogen) atoms. The molecule has 0 aliphatic carbocycles. The Morgan fingerprint density at radius 2 is 2.06 bits per heavy atom. The average molecular weight is 252 g/mol. The number of nitrogens with zero attached hydrogens (tertiary/aromatic N) is 1. The maximum Gasteiger partial charge on any atom is 0.324 e. The van der Waals surface area contributed by atoms with E-state index in [9.17, 15) is 4.79 Å². The van der Waals surface area contributed by atoms with Crippen molar-refractivity contribution in [2.24, 2.45) is 5.73 Å². The van der Waals surface area contributed by atoms with Crippen LogP contribution in [0.1, 0.15) is 5.56 Å². The molecule has 2 N–H and O–H groups in total. The van der Waals surface area contributed by atoms with Gasteiger partial charge in [0.2, 0.25) is 0 Å². The van der Waals surface area contributed by atoms with Gasteiger partial charge in [0.15, 0.2) is 0 Å². The molecule has 0 aliphatic heterocycles. The van der Waals surface area contributed by atoms with Gasteiger partial charge in [0, 0.05) is 18.7 Å². The standard InChI is InChI=1S/C13H20N2O3/c1-15(11(8-14)13(16)18-3)9-10-6-4-5-7-12(10)17-2/h4-7,11H,8-9,14H2,1-3H3. The minimum absolute atomic E-state index is 0.221. The van der Waals surface area contributed by atoms with Crippen LogP contribution in [0.15, 0.2) is 24.3 Å². The maximum atomic E-state index is 11.6. The van der Waals surface area contributed by atoms with E-state index in [2.05, 4.69) is 0 Å². The molecule has 1 atom stereocenters. The number of hydrogen-bond acceptors (Lipinski definition) is 5. The molecule has 1 aromatic carbocycles. The number of esters is 1. The smallest absolute Gasteiger partial charge is 0.324 e. The van der Waals surface area contributed by atoms with Crippen molar-refractivity contribution in [3.8, 4) is 5.75 Å². The third-order valence-electron chi connectivity index (χ3n) is 2.84. The van der Waals surface area contributed by atoms with Crippen LogP contribution < -0.4 is 10.5 Å². The van der Waals surface area contributed by atoms with Crippen LogP contribution >= 0.6 is 0 Å². The van der Waals surface area contributed by atoms with Crippen molar-refractivity contribution in [3.05, 3.63) is 29.8 Å². The van der Waals surface area contributed by atoms with E-state index in [-0.39, 0.29) is 12.5 Å². The molecule has 1 unspecified atom stereocenters. The Bertz CT molecular complexity index is 396. The van der Waals surface area contributed by atoms with E-state index in [0.717, 1.165) is 11.3 Å². The highest BCUT2D eigenvalue weighted by Gasteiger charge is 2.23. The highest BCUT2D eigenvalue weighted by molar-refractivity contribution is 5.75. The second-order valence-corrected chi connectivity index (χ2v) is 4.00. The zero-order valence-corrected chi connectivity index (χ0v) is 11.1. The van der Waals surface area contributed by atoms with E-state index in [4.69, 9.17) is 15.2 Å². The lowest BCUT2D eigenvalue weighted by molar-refractivity contribution is -0.146. The summed E-state index contributed by atoms with van der Waals surface area (Å²) in [5.41, 5.74) is 6.61. The molecule has 0 aromatic heterocycles. The van der Waals surface area contributed by atoms with Gasteiger partial charge in [-0.1, -0.05) is 18.2 Å². The quantitative estimate of drug-likeness (QED) is 0.752. The lowest BCUT2D eigenvalue weighted by Gasteiger charge is -2.25. The summed E-state index contributed by atoms with van der Waals surface area (Å²) < 4.78 is 10.00. The van der Waals surface area contributed by atoms with E-state index in [0.29, 0.717) is 6.54 Å². The van der Waals surface area contributed by atoms with Gasteiger partial charge < -0.3 is 15.2 Å². The lowest BCUT2D eigenvalue weighted by atomic mass is 10.1. The Labute approximate surface area is 107 Å². The van der Waals surface area contributed by atoms with Crippen molar-refractivity contribution in [1.29, 1.82) is 0 Å². The fourth-order valence-corrected chi connectivity index (χ4v) is 1.80. The molecule has 0 saturated heterocycles. The highest BCUT2D eigenvalue weighted by atomic mass is 16.5. The summed E-state index contributed by atoms with van der Waals surface area (Å²) >= 11 is 0. The molecule has 0 fully saturated rings. The van der Waals surface area contributed by atoms with Crippen LogP contribution in [-0.2, 0) is 16.1 Å². The topological polar surface area (TPSA) is 64.8 Å². The molecule has 0 spiro atoms. The largest absolute Gasteiger partial charge is 0.496 e. The second-order valence-electron chi connectivity index (χ2n) is 4.00. The van der Waals surface area contributed by atoms with E-state index in [1.165, 1.54) is 7.11 Å². The summed E-state index contributed by atoms with van der Waals surface area (Å²) in [6, 6.07) is 7.24. The third kappa shape index (κ3) is 3.45. The molecular weight excluding hydrogens is 232 g/mol. The predicted molar refractivity (Wildman–Crippen MR) is 69.3 cm³/mol. The Kier molecular flexibility index (Phi) is 5.61. The summed E-state index contributed by atoms with van der Waals surface area (Å²) in [7, 11) is 4.82. The van der Waals surface area contributed by atoms with E-state index in [1.54, 1.807) is 7.11 Å². The summed E-state index contributed by atoms with van der Waals surface area (Å²) in [4.78, 5) is 13.4. The van der Waals surface area contributed by atoms with Gasteiger partial charge in [-0.05, 0) is 13.1 Å². The zero-order valence-electron chi connectivity index (χ0n) is 11.1. The molecular formula is C13H20N2O3. The Morgan fingerprint density at radius 1 is 1.39 bits per heavy atom. The molecule has 0 heterocycles. The number of hydrogen-bond donors (Lipinski definition) is 1. The van der Waals surface area contributed by atoms with Gasteiger partial charge >= 0.3 is 5.97 Å². The first-order valence-electron chi connectivity index (χ1n) is 5.74. The van der Waals surface area contributed by atoms with Crippen LogP contribution in [0.25, 0.3) is 0 Å². The van der Waals surface area contributed by atoms with Crippen molar-refractivity contribution >= 4 is 5.97 Å². The molecule has 1 rings (SSSR count). The number of likely N-dealkylation sites (N-methyl/N-ethyl adjacent to an activating group) is 1. The van der Waals surface area contributed by atoms with E-state index < -0.39 is 6.04 Å². The fourth-order valence-electron chi connectivity index (χ4n) is 1.80. The van der Waals surface area contributed by atoms with E-state index in [1.807, 2.05) is 36.2 Å². The fraction of sp³-hybridized carbons (Fsp3) is 0.462. The van der Waals surface area contributed by atoms with Crippen molar-refractivity contribution in [2.45, 2.75) is 12.6 Å². The van der Waals surface area contributed by atoms with Crippen molar-refractivity contribution in [1.82, 2.24) is 4.90 Å². The van der Waals surface area contributed by atoms with Gasteiger partial charge in [0.25, 0.3) is 0 Å². The van der Waals surface area contributed by atoms with Crippen LogP contribution in [-0.4, -0.2) is 44.7 Å². The summed E-state index contributed by atoms with van der Waals surface area (Å²) in [6.45, 7) is 0.791. The minimum Gasteiger partial charge on any atom is -0.496 e. The number of ether oxygens (including phenoxy) is 2. The van der Waals surface area contributed by atoms with Gasteiger partial charge in [-0.3, -0.25) is 9.69 Å². The Balaban J connectivity index is 2.79. The molecule has 1 aromatic rings. The van der Waals surface area contributed by atoms with Gasteiger partial charge in [-0.25, -0.2) is 0 Å². The first-order chi connectivity index (χ1) is 8.63. The Morgan fingerprint density at radius 3 is 2.61 bits per heavy atom. The average Bonchev–Trinajstić information content (AvgIpc) is 2.39. The normalized spacial score (nSPS) is 12.3. The number of methoxy groups -OCH3 is 2. The van der Waals surface area contributed by atoms with E-state index >= 15 is 0 Å². The van der Waals surface area contributed by atoms with Crippen LogP contribution in [0.2, 0.25) is 0 Å². The van der Waals surface area contributed by atoms with Crippen LogP contribution in [0.5, 0.6) is 5.75 Å². The molecule has 100 valence electrons. The summed E-state index contributed by atoms with van der Waals surface area (Å²) in [5, 5.41) is 0. The highest BCUT2D eigenvalue weighted by Crippen LogP contribution is 2.19. The molecule has 0 saturated carbocycles. The van der Waals surface area contributed by atoms with Crippen LogP contribution in [0.4, 0.5) is 0 Å². The zero-order chi connectivity index (χ0) is 13.5. The molecule has 5 heteroatoms. The van der Waals surface area contributed by atoms with Gasteiger partial charge in [-0.15, -0.1) is 0 Å². The summed E-state index contributed by atoms with van der Waals surface area (Å²) in [6.07, 6.45) is 0. The third-order valence-corrected chi connectivity index (χ3v) is 2.84. The van der Waals surface area contributed by atoms with Crippen molar-refractivity contribution in [2.75, 3.05) is 27.8 Å². The van der Waals surface area contributed by atoms with Crippen LogP contribution in [0, 0.1) is 0 Å². The number of carbonyl (C=O) groups excluding carboxylic acids is 1. The number of benzene rings is 1. The SMILES string of the molecule is COC(=O)C(CN)N(C)Cc1ccccc1OC. The first kappa shape index (κ1) is 14.5. The van der Waals surface area contributed by atoms with Gasteiger partial charge in [0.1, 0.15) is 11.8 Å². The first-order valence-corrected chi connectivity index (χ1v) is 5.74. The Hall–Kier alpha value is -1.59. The molecule has 0 bridgehead atoms. The van der Waals surface area contributed by atoms with Crippen LogP contribution in [0.3, 0.4) is 0 Å². The summed E-state index contributed by atoms with van der Waals surface area (Å²) in [5.74, 6) is 0.472. The lowest BCUT2D eigenvalue weighted by Crippen LogP contribution is -2.44. The number of para-hydroxylation sites is 1.